The topological polar surface area (TPSA) is 17.1 Å². The largest absolute Gasteiger partial charge is 0.288 e. The van der Waals surface area contributed by atoms with E-state index in [-0.39, 0.29) is 15.7 Å². The molecule has 5 heteroatoms. The van der Waals surface area contributed by atoms with Crippen LogP contribution in [0.3, 0.4) is 0 Å². The van der Waals surface area contributed by atoms with Gasteiger partial charge in [0.15, 0.2) is 5.12 Å². The number of thioether (sulfide) groups is 1. The number of halogens is 3. The Hall–Kier alpha value is -0.870. The molecule has 0 saturated carbocycles. The molecule has 1 aromatic rings. The van der Waals surface area contributed by atoms with Crippen LogP contribution in [0.5, 0.6) is 0 Å². The highest BCUT2D eigenvalue weighted by Crippen LogP contribution is 2.20. The maximum absolute atomic E-state index is 13.2. The van der Waals surface area contributed by atoms with Crippen molar-refractivity contribution in [2.75, 3.05) is 5.75 Å². The first-order valence-electron chi connectivity index (χ1n) is 4.45. The van der Waals surface area contributed by atoms with Gasteiger partial charge < -0.3 is 0 Å². The first kappa shape index (κ1) is 13.2. The fraction of sp³-hybridized carbons (Fsp3) is 0.182. The Balaban J connectivity index is 2.77. The molecule has 0 saturated heterocycles. The van der Waals surface area contributed by atoms with E-state index in [1.54, 1.807) is 0 Å². The molecule has 1 rings (SSSR count). The first-order chi connectivity index (χ1) is 7.50. The first-order valence-corrected chi connectivity index (χ1v) is 5.81. The average Bonchev–Trinajstić information content (AvgIpc) is 2.14. The second-order valence-electron chi connectivity index (χ2n) is 2.99. The molecule has 0 fully saturated rings. The van der Waals surface area contributed by atoms with Crippen molar-refractivity contribution < 1.29 is 13.6 Å². The van der Waals surface area contributed by atoms with E-state index in [0.29, 0.717) is 5.75 Å². The predicted octanol–water partition coefficient (Wildman–Crippen LogP) is 3.91. The molecule has 0 heterocycles. The molecule has 0 atom stereocenters. The second-order valence-corrected chi connectivity index (χ2v) is 4.62. The third kappa shape index (κ3) is 3.94. The predicted molar refractivity (Wildman–Crippen MR) is 63.5 cm³/mol. The van der Waals surface area contributed by atoms with Gasteiger partial charge in [0.05, 0.1) is 0 Å². The van der Waals surface area contributed by atoms with E-state index < -0.39 is 11.6 Å². The molecule has 0 unspecified atom stereocenters. The van der Waals surface area contributed by atoms with Gasteiger partial charge in [-0.15, -0.1) is 0 Å². The quantitative estimate of drug-likeness (QED) is 0.822. The molecule has 0 aliphatic heterocycles. The van der Waals surface area contributed by atoms with E-state index in [1.807, 2.05) is 0 Å². The van der Waals surface area contributed by atoms with E-state index >= 15 is 0 Å². The fourth-order valence-electron chi connectivity index (χ4n) is 1.04. The van der Waals surface area contributed by atoms with Gasteiger partial charge in [0.25, 0.3) is 0 Å². The number of benzene rings is 1. The third-order valence-corrected chi connectivity index (χ3v) is 2.70. The van der Waals surface area contributed by atoms with Crippen LogP contribution in [0, 0.1) is 11.6 Å². The summed E-state index contributed by atoms with van der Waals surface area (Å²) in [6.45, 7) is 1.43. The van der Waals surface area contributed by atoms with Crippen LogP contribution < -0.4 is 0 Å². The zero-order valence-corrected chi connectivity index (χ0v) is 10.0. The minimum atomic E-state index is -0.714. The average molecular weight is 263 g/mol. The Morgan fingerprint density at radius 2 is 2.00 bits per heavy atom. The Bertz CT molecular complexity index is 409. The SMILES string of the molecule is CC(=O)SCC=Cc1c(F)cc(Cl)cc1F. The van der Waals surface area contributed by atoms with Crippen LogP contribution in [-0.2, 0) is 4.79 Å². The van der Waals surface area contributed by atoms with Crippen molar-refractivity contribution in [3.8, 4) is 0 Å². The molecular formula is C11H9ClF2OS. The summed E-state index contributed by atoms with van der Waals surface area (Å²) >= 11 is 6.54. The summed E-state index contributed by atoms with van der Waals surface area (Å²) in [6, 6.07) is 2.09. The van der Waals surface area contributed by atoms with Gasteiger partial charge in [-0.1, -0.05) is 35.5 Å². The van der Waals surface area contributed by atoms with Crippen molar-refractivity contribution in [3.63, 3.8) is 0 Å². The molecular weight excluding hydrogens is 254 g/mol. The monoisotopic (exact) mass is 262 g/mol. The summed E-state index contributed by atoms with van der Waals surface area (Å²) < 4.78 is 26.5. The van der Waals surface area contributed by atoms with Crippen molar-refractivity contribution >= 4 is 34.6 Å². The molecule has 1 nitrogen and oxygen atoms in total. The van der Waals surface area contributed by atoms with E-state index in [1.165, 1.54) is 19.1 Å². The maximum Gasteiger partial charge on any atom is 0.186 e. The van der Waals surface area contributed by atoms with Crippen molar-refractivity contribution in [3.05, 3.63) is 40.4 Å². The summed E-state index contributed by atoms with van der Waals surface area (Å²) in [5, 5.41) is -0.0213. The lowest BCUT2D eigenvalue weighted by molar-refractivity contribution is -0.109. The van der Waals surface area contributed by atoms with Crippen LogP contribution in [-0.4, -0.2) is 10.9 Å². The van der Waals surface area contributed by atoms with E-state index in [0.717, 1.165) is 23.9 Å². The maximum atomic E-state index is 13.2. The van der Waals surface area contributed by atoms with Crippen LogP contribution >= 0.6 is 23.4 Å². The zero-order chi connectivity index (χ0) is 12.1. The van der Waals surface area contributed by atoms with Gasteiger partial charge in [-0.05, 0) is 12.1 Å². The molecule has 0 aromatic heterocycles. The van der Waals surface area contributed by atoms with Crippen molar-refractivity contribution in [1.82, 2.24) is 0 Å². The van der Waals surface area contributed by atoms with Gasteiger partial charge in [-0.25, -0.2) is 8.78 Å². The molecule has 0 spiro atoms. The molecule has 0 aliphatic carbocycles. The Morgan fingerprint density at radius 3 is 2.50 bits per heavy atom. The highest BCUT2D eigenvalue weighted by molar-refractivity contribution is 8.13. The van der Waals surface area contributed by atoms with Crippen molar-refractivity contribution in [2.45, 2.75) is 6.92 Å². The number of carbonyl (C=O) groups excluding carboxylic acids is 1. The number of hydrogen-bond donors (Lipinski definition) is 0. The third-order valence-electron chi connectivity index (χ3n) is 1.71. The lowest BCUT2D eigenvalue weighted by Gasteiger charge is -2.00. The van der Waals surface area contributed by atoms with Crippen molar-refractivity contribution in [1.29, 1.82) is 0 Å². The van der Waals surface area contributed by atoms with Crippen LogP contribution in [0.2, 0.25) is 5.02 Å². The molecule has 0 amide bonds. The minimum absolute atomic E-state index is 0.0188. The Labute approximate surface area is 101 Å². The molecule has 16 heavy (non-hydrogen) atoms. The van der Waals surface area contributed by atoms with Gasteiger partial charge in [-0.2, -0.15) is 0 Å². The van der Waals surface area contributed by atoms with E-state index in [2.05, 4.69) is 0 Å². The molecule has 0 bridgehead atoms. The summed E-state index contributed by atoms with van der Waals surface area (Å²) in [5.41, 5.74) is -0.145. The smallest absolute Gasteiger partial charge is 0.186 e. The zero-order valence-electron chi connectivity index (χ0n) is 8.47. The summed E-state index contributed by atoms with van der Waals surface area (Å²) in [6.07, 6.45) is 2.83. The Morgan fingerprint density at radius 1 is 1.44 bits per heavy atom. The highest BCUT2D eigenvalue weighted by atomic mass is 35.5. The molecule has 1 aromatic carbocycles. The second kappa shape index (κ2) is 6.01. The van der Waals surface area contributed by atoms with Gasteiger partial charge in [0.1, 0.15) is 11.6 Å². The standard InChI is InChI=1S/C11H9ClF2OS/c1-7(15)16-4-2-3-9-10(13)5-8(12)6-11(9)14/h2-3,5-6H,4H2,1H3. The van der Waals surface area contributed by atoms with Gasteiger partial charge in [0, 0.05) is 23.3 Å². The van der Waals surface area contributed by atoms with Gasteiger partial charge in [0.2, 0.25) is 0 Å². The normalized spacial score (nSPS) is 11.0. The molecule has 86 valence electrons. The number of hydrogen-bond acceptors (Lipinski definition) is 2. The van der Waals surface area contributed by atoms with Gasteiger partial charge in [-0.3, -0.25) is 4.79 Å². The van der Waals surface area contributed by atoms with Crippen LogP contribution in [0.1, 0.15) is 12.5 Å². The van der Waals surface area contributed by atoms with E-state index in [9.17, 15) is 13.6 Å². The van der Waals surface area contributed by atoms with E-state index in [4.69, 9.17) is 11.6 Å². The lowest BCUT2D eigenvalue weighted by Crippen LogP contribution is -1.89. The van der Waals surface area contributed by atoms with Gasteiger partial charge >= 0.3 is 0 Å². The number of carbonyl (C=O) groups is 1. The molecule has 0 N–H and O–H groups in total. The summed E-state index contributed by atoms with van der Waals surface area (Å²) in [4.78, 5) is 10.6. The van der Waals surface area contributed by atoms with Crippen molar-refractivity contribution in [2.24, 2.45) is 0 Å². The summed E-state index contributed by atoms with van der Waals surface area (Å²) in [7, 11) is 0. The minimum Gasteiger partial charge on any atom is -0.288 e. The lowest BCUT2D eigenvalue weighted by atomic mass is 10.2. The molecule has 0 aliphatic rings. The molecule has 0 radical (unpaired) electrons. The highest BCUT2D eigenvalue weighted by Gasteiger charge is 2.07. The van der Waals surface area contributed by atoms with Crippen LogP contribution in [0.15, 0.2) is 18.2 Å². The number of rotatable bonds is 3. The summed E-state index contributed by atoms with van der Waals surface area (Å²) in [5.74, 6) is -1.04. The Kier molecular flexibility index (Phi) is 4.96. The fourth-order valence-corrected chi connectivity index (χ4v) is 1.66. The van der Waals surface area contributed by atoms with Crippen LogP contribution in [0.25, 0.3) is 6.08 Å². The van der Waals surface area contributed by atoms with Crippen LogP contribution in [0.4, 0.5) is 8.78 Å².